The highest BCUT2D eigenvalue weighted by Gasteiger charge is 2.28. The van der Waals surface area contributed by atoms with E-state index in [0.717, 1.165) is 44.9 Å². The molecule has 0 saturated heterocycles. The van der Waals surface area contributed by atoms with Crippen molar-refractivity contribution in [3.63, 3.8) is 0 Å². The van der Waals surface area contributed by atoms with Crippen molar-refractivity contribution in [1.29, 1.82) is 0 Å². The van der Waals surface area contributed by atoms with Crippen LogP contribution in [0.3, 0.4) is 0 Å². The molecule has 0 aromatic carbocycles. The van der Waals surface area contributed by atoms with Crippen molar-refractivity contribution in [3.05, 3.63) is 24.3 Å². The molecule has 0 radical (unpaired) electrons. The lowest BCUT2D eigenvalue weighted by Gasteiger charge is -2.26. The Bertz CT molecular complexity index is 1190. The van der Waals surface area contributed by atoms with Gasteiger partial charge in [-0.3, -0.25) is 13.8 Å². The molecule has 9 heteroatoms. The first-order valence-electron chi connectivity index (χ1n) is 30.7. The number of amides is 1. The zero-order valence-electron chi connectivity index (χ0n) is 47.5. The number of hydrogen-bond acceptors (Lipinski definition) is 5. The van der Waals surface area contributed by atoms with Crippen LogP contribution in [0, 0.1) is 0 Å². The summed E-state index contributed by atoms with van der Waals surface area (Å²) in [6.07, 6.45) is 67.0. The summed E-state index contributed by atoms with van der Waals surface area (Å²) in [5.74, 6) is -0.141. The molecule has 0 aliphatic carbocycles. The van der Waals surface area contributed by atoms with Crippen LogP contribution in [-0.2, 0) is 18.4 Å². The van der Waals surface area contributed by atoms with Gasteiger partial charge in [0.2, 0.25) is 5.91 Å². The lowest BCUT2D eigenvalue weighted by atomic mass is 10.0. The molecule has 0 aromatic heterocycles. The Kier molecular flexibility index (Phi) is 52.1. The Morgan fingerprint density at radius 3 is 1.17 bits per heavy atom. The Labute approximate surface area is 436 Å². The first-order chi connectivity index (χ1) is 34.0. The molecule has 1 amide bonds. The highest BCUT2D eigenvalue weighted by molar-refractivity contribution is 7.47. The van der Waals surface area contributed by atoms with Crippen LogP contribution in [0.5, 0.6) is 0 Å². The molecule has 0 fully saturated rings. The number of quaternary nitrogens is 1. The van der Waals surface area contributed by atoms with E-state index >= 15 is 0 Å². The maximum atomic E-state index is 13.0. The van der Waals surface area contributed by atoms with Crippen LogP contribution in [-0.4, -0.2) is 73.4 Å². The third-order valence-electron chi connectivity index (χ3n) is 14.2. The molecule has 0 heterocycles. The molecular formula is C61H122N2O6P+. The molecule has 8 nitrogen and oxygen atoms in total. The fourth-order valence-electron chi connectivity index (χ4n) is 9.37. The zero-order chi connectivity index (χ0) is 51.3. The Morgan fingerprint density at radius 2 is 0.814 bits per heavy atom. The van der Waals surface area contributed by atoms with Crippen molar-refractivity contribution in [2.24, 2.45) is 0 Å². The van der Waals surface area contributed by atoms with Crippen LogP contribution in [0.2, 0.25) is 0 Å². The Hall–Kier alpha value is -1.02. The molecule has 0 spiro atoms. The molecule has 0 aliphatic rings. The lowest BCUT2D eigenvalue weighted by Crippen LogP contribution is -2.46. The minimum absolute atomic E-state index is 0.0765. The van der Waals surface area contributed by atoms with Gasteiger partial charge in [0.15, 0.2) is 0 Å². The summed E-state index contributed by atoms with van der Waals surface area (Å²) in [5, 5.41) is 14.0. The Morgan fingerprint density at radius 1 is 0.486 bits per heavy atom. The van der Waals surface area contributed by atoms with Gasteiger partial charge in [0.25, 0.3) is 0 Å². The largest absolute Gasteiger partial charge is 0.472 e. The van der Waals surface area contributed by atoms with Crippen molar-refractivity contribution in [3.8, 4) is 0 Å². The monoisotopic (exact) mass is 1010 g/mol. The summed E-state index contributed by atoms with van der Waals surface area (Å²) in [6.45, 7) is 4.91. The fraction of sp³-hybridized carbons (Fsp3) is 0.918. The molecule has 0 aliphatic heterocycles. The van der Waals surface area contributed by atoms with E-state index in [2.05, 4.69) is 43.5 Å². The van der Waals surface area contributed by atoms with Crippen LogP contribution < -0.4 is 5.32 Å². The molecule has 70 heavy (non-hydrogen) atoms. The van der Waals surface area contributed by atoms with Crippen LogP contribution in [0.15, 0.2) is 24.3 Å². The molecule has 0 aromatic rings. The van der Waals surface area contributed by atoms with Gasteiger partial charge in [0, 0.05) is 6.42 Å². The highest BCUT2D eigenvalue weighted by atomic mass is 31.2. The second kappa shape index (κ2) is 52.8. The number of allylic oxidation sites excluding steroid dienone is 4. The summed E-state index contributed by atoms with van der Waals surface area (Å²) in [4.78, 5) is 23.3. The Balaban J connectivity index is 3.86. The van der Waals surface area contributed by atoms with E-state index in [9.17, 15) is 19.4 Å². The van der Waals surface area contributed by atoms with E-state index in [1.54, 1.807) is 0 Å². The molecule has 416 valence electrons. The van der Waals surface area contributed by atoms with E-state index in [1.807, 2.05) is 21.1 Å². The summed E-state index contributed by atoms with van der Waals surface area (Å²) < 4.78 is 23.7. The van der Waals surface area contributed by atoms with Crippen molar-refractivity contribution >= 4 is 13.7 Å². The van der Waals surface area contributed by atoms with Crippen molar-refractivity contribution in [1.82, 2.24) is 5.32 Å². The maximum Gasteiger partial charge on any atom is 0.472 e. The average molecular weight is 1010 g/mol. The van der Waals surface area contributed by atoms with E-state index in [4.69, 9.17) is 9.05 Å². The van der Waals surface area contributed by atoms with Gasteiger partial charge in [-0.25, -0.2) is 4.57 Å². The zero-order valence-corrected chi connectivity index (χ0v) is 48.4. The minimum atomic E-state index is -4.31. The van der Waals surface area contributed by atoms with Crippen LogP contribution >= 0.6 is 7.82 Å². The van der Waals surface area contributed by atoms with Gasteiger partial charge in [0.1, 0.15) is 13.2 Å². The summed E-state index contributed by atoms with van der Waals surface area (Å²) in [6, 6.07) is -0.757. The summed E-state index contributed by atoms with van der Waals surface area (Å²) in [5.41, 5.74) is 0. The van der Waals surface area contributed by atoms with Gasteiger partial charge in [-0.2, -0.15) is 0 Å². The standard InChI is InChI=1S/C61H121N2O6P/c1-6-8-10-12-14-16-18-19-20-21-22-23-24-25-26-27-28-29-30-31-32-33-34-35-36-37-38-39-40-41-42-43-45-47-49-51-53-55-61(65)62-59(58-69-70(66,67)68-57-56-63(3,4)5)60(64)54-52-50-48-46-44-17-15-13-11-9-7-2/h26-27,29-30,59-60,64H,6-25,28,31-58H2,1-5H3,(H-,62,65,66,67)/p+1/b27-26-,30-29-. The van der Waals surface area contributed by atoms with Gasteiger partial charge in [-0.05, 0) is 44.9 Å². The molecule has 0 bridgehead atoms. The van der Waals surface area contributed by atoms with E-state index < -0.39 is 20.0 Å². The van der Waals surface area contributed by atoms with Gasteiger partial charge < -0.3 is 19.8 Å². The second-order valence-electron chi connectivity index (χ2n) is 22.4. The first-order valence-corrected chi connectivity index (χ1v) is 32.2. The number of rotatable bonds is 57. The van der Waals surface area contributed by atoms with Crippen molar-refractivity contribution < 1.29 is 32.9 Å². The van der Waals surface area contributed by atoms with Crippen molar-refractivity contribution in [2.75, 3.05) is 40.9 Å². The molecule has 3 unspecified atom stereocenters. The molecule has 0 rings (SSSR count). The number of aliphatic hydroxyl groups excluding tert-OH is 1. The predicted molar refractivity (Wildman–Crippen MR) is 305 cm³/mol. The average Bonchev–Trinajstić information content (AvgIpc) is 3.32. The normalized spacial score (nSPS) is 14.0. The minimum Gasteiger partial charge on any atom is -0.391 e. The number of carbonyl (C=O) groups excluding carboxylic acids is 1. The number of phosphoric acid groups is 1. The van der Waals surface area contributed by atoms with Gasteiger partial charge in [-0.1, -0.05) is 282 Å². The van der Waals surface area contributed by atoms with E-state index in [1.165, 1.54) is 238 Å². The van der Waals surface area contributed by atoms with E-state index in [-0.39, 0.29) is 19.1 Å². The highest BCUT2D eigenvalue weighted by Crippen LogP contribution is 2.43. The number of phosphoric ester groups is 1. The third kappa shape index (κ3) is 54.7. The quantitative estimate of drug-likeness (QED) is 0.0243. The molecular weight excluding hydrogens is 888 g/mol. The summed E-state index contributed by atoms with van der Waals surface area (Å²) >= 11 is 0. The first kappa shape index (κ1) is 69.0. The molecule has 0 saturated carbocycles. The second-order valence-corrected chi connectivity index (χ2v) is 23.9. The van der Waals surface area contributed by atoms with Gasteiger partial charge in [0.05, 0.1) is 39.9 Å². The van der Waals surface area contributed by atoms with Crippen LogP contribution in [0.1, 0.15) is 309 Å². The smallest absolute Gasteiger partial charge is 0.391 e. The van der Waals surface area contributed by atoms with Crippen molar-refractivity contribution in [2.45, 2.75) is 321 Å². The van der Waals surface area contributed by atoms with Gasteiger partial charge in [-0.15, -0.1) is 0 Å². The predicted octanol–water partition coefficient (Wildman–Crippen LogP) is 18.8. The van der Waals surface area contributed by atoms with Crippen LogP contribution in [0.4, 0.5) is 0 Å². The van der Waals surface area contributed by atoms with E-state index in [0.29, 0.717) is 23.9 Å². The van der Waals surface area contributed by atoms with Crippen LogP contribution in [0.25, 0.3) is 0 Å². The number of hydrogen-bond donors (Lipinski definition) is 3. The fourth-order valence-corrected chi connectivity index (χ4v) is 10.1. The number of carbonyl (C=O) groups is 1. The van der Waals surface area contributed by atoms with Gasteiger partial charge >= 0.3 is 7.82 Å². The number of likely N-dealkylation sites (N-methyl/N-ethyl adjacent to an activating group) is 1. The molecule has 3 atom stereocenters. The summed E-state index contributed by atoms with van der Waals surface area (Å²) in [7, 11) is 1.63. The topological polar surface area (TPSA) is 105 Å². The third-order valence-corrected chi connectivity index (χ3v) is 15.2. The number of nitrogens with one attached hydrogen (secondary N) is 1. The number of nitrogens with zero attached hydrogens (tertiary/aromatic N) is 1. The molecule has 3 N–H and O–H groups in total. The lowest BCUT2D eigenvalue weighted by molar-refractivity contribution is -0.870. The number of unbranched alkanes of at least 4 members (excludes halogenated alkanes) is 40. The SMILES string of the molecule is CCCCCCCCCCCCCCC/C=C\C/C=C\CCCCCCCCCCCCCCCCCCCC(=O)NC(COP(=O)(O)OCC[N+](C)(C)C)C(O)CCCCCCCCCCCCC. The number of aliphatic hydroxyl groups is 1. The maximum absolute atomic E-state index is 13.0.